The lowest BCUT2D eigenvalue weighted by molar-refractivity contribution is -0.149. The van der Waals surface area contributed by atoms with Gasteiger partial charge in [-0.2, -0.15) is 0 Å². The van der Waals surface area contributed by atoms with Crippen molar-refractivity contribution in [1.29, 1.82) is 0 Å². The number of ether oxygens (including phenoxy) is 1. The summed E-state index contributed by atoms with van der Waals surface area (Å²) in [4.78, 5) is 280. The van der Waals surface area contributed by atoms with Crippen molar-refractivity contribution in [2.75, 3.05) is 77.8 Å². The lowest BCUT2D eigenvalue weighted by atomic mass is 9.99. The van der Waals surface area contributed by atoms with Crippen LogP contribution < -0.4 is 75.7 Å². The number of fused-ring (bicyclic) bond motifs is 5. The van der Waals surface area contributed by atoms with Crippen LogP contribution in [0.4, 0.5) is 5.13 Å². The van der Waals surface area contributed by atoms with E-state index in [9.17, 15) is 48.6 Å². The number of unbranched alkanes of at least 4 members (excludes halogenated alkanes) is 2. The molecule has 0 aliphatic carbocycles. The Kier molecular flexibility index (Phi) is 41.2. The summed E-state index contributed by atoms with van der Waals surface area (Å²) in [5.41, 5.74) is 20.7. The standard InChI is InChI=1S/C99H136N22O21S2/c1-12-14-27-76-91(134)108-67(39-54(3)4)88(131)114-74(86(129)104-48-82(102)125)52-143-53-83(126)106-70(41-57-32-34-60(122)35-33-57)94(137)116(8)56(7)85(128)110-72(45-81(101)124)96(139)120-38-22-30-77(120)92(135)113-73(47-105-99-115-65-26-19-21-31-80(65)144-99)90(133)111-69(40-55(5)6)97(140)121-50-61(123)44-79(121)93(136)109-68(42-58-46-103-64-25-18-16-23-62(58)64)89(132)107-66(36-37-100)87(130)112-71(95(138)118(10)78(28-15-13-2)98(141)117(76)9)43-59-49-119(51-84(127)142-11)75-29-20-17-24-63(59)75/h16-21,23-26,29,31-35,46,49,54-56,61,66-74,76-79,103,122-123H,12-15,22,27-28,30,36-45,47-48,50-53,100H2,1-11H3,(H2,101,124)(H2,102,125)(H,104,129)(H,105,115)(H,106,126)(H,107,132)(H,108,134)(H,109,136)(H,110,128)(H,111,133)(H,112,130)(H,113,135)(H,114,131)/t56-,61+,66-,67-,68-,69-,70-,71-,72-,73-,74-,76-,77-,78-,79-/m0/s1. The number of amides is 17. The highest BCUT2D eigenvalue weighted by atomic mass is 32.2. The van der Waals surface area contributed by atoms with E-state index >= 15 is 47.9 Å². The van der Waals surface area contributed by atoms with Crippen LogP contribution in [0.5, 0.6) is 5.75 Å². The average Bonchev–Trinajstić information content (AvgIpc) is 1.63. The van der Waals surface area contributed by atoms with Crippen molar-refractivity contribution in [2.45, 2.75) is 248 Å². The van der Waals surface area contributed by atoms with Crippen molar-refractivity contribution in [1.82, 2.24) is 92.2 Å². The van der Waals surface area contributed by atoms with Crippen LogP contribution >= 0.6 is 23.1 Å². The lowest BCUT2D eigenvalue weighted by Crippen LogP contribution is -2.61. The molecule has 3 aliphatic heterocycles. The van der Waals surface area contributed by atoms with Gasteiger partial charge in [-0.1, -0.05) is 139 Å². The van der Waals surface area contributed by atoms with Crippen LogP contribution in [-0.2, 0) is 117 Å². The van der Waals surface area contributed by atoms with Gasteiger partial charge in [0.1, 0.15) is 96.9 Å². The summed E-state index contributed by atoms with van der Waals surface area (Å²) in [7, 11) is 5.19. The van der Waals surface area contributed by atoms with Crippen LogP contribution in [0.3, 0.4) is 0 Å². The fourth-order valence-electron chi connectivity index (χ4n) is 18.0. The number of nitrogens with zero attached hydrogens (tertiary/aromatic N) is 7. The van der Waals surface area contributed by atoms with Crippen molar-refractivity contribution in [2.24, 2.45) is 29.0 Å². The normalized spacial score (nSPS) is 24.0. The van der Waals surface area contributed by atoms with Gasteiger partial charge in [-0.3, -0.25) is 86.3 Å². The number of aliphatic hydroxyl groups is 1. The van der Waals surface area contributed by atoms with Crippen molar-refractivity contribution >= 4 is 167 Å². The summed E-state index contributed by atoms with van der Waals surface area (Å²) in [5, 5.41) is 53.7. The number of esters is 1. The number of phenols is 1. The van der Waals surface area contributed by atoms with Crippen molar-refractivity contribution < 1.29 is 101 Å². The zero-order chi connectivity index (χ0) is 105. The van der Waals surface area contributed by atoms with Gasteiger partial charge in [-0.15, -0.1) is 11.8 Å². The Morgan fingerprint density at radius 3 is 1.81 bits per heavy atom. The lowest BCUT2D eigenvalue weighted by Gasteiger charge is -2.36. The number of primary amides is 2. The van der Waals surface area contributed by atoms with Gasteiger partial charge in [0, 0.05) is 106 Å². The van der Waals surface area contributed by atoms with Gasteiger partial charge >= 0.3 is 5.97 Å². The Balaban J connectivity index is 1.05. The molecule has 144 heavy (non-hydrogen) atoms. The maximum absolute atomic E-state index is 16.1. The maximum Gasteiger partial charge on any atom is 0.325 e. The average molecular weight is 2030 g/mol. The number of aromatic hydroxyl groups is 1. The summed E-state index contributed by atoms with van der Waals surface area (Å²) in [6, 6.07) is 5.23. The zero-order valence-corrected chi connectivity index (χ0v) is 84.6. The monoisotopic (exact) mass is 2030 g/mol. The summed E-state index contributed by atoms with van der Waals surface area (Å²) >= 11 is 2.01. The Hall–Kier alpha value is -13.8. The molecule has 3 saturated heterocycles. The van der Waals surface area contributed by atoms with Gasteiger partial charge in [0.25, 0.3) is 0 Å². The summed E-state index contributed by atoms with van der Waals surface area (Å²) in [6.07, 6.45) is 1.11. The SMILES string of the molecule is CCCC[C@H]1C(=O)N(C)[C@@H](CCCC)C(=O)N[C@@H](CC(C)C)C(=O)N[C@H](C(=O)NCC(N)=O)CSCC(=O)N[C@@H](Cc2ccc(O)cc2)C(=O)N(C)[C@@H](C)C(=O)N[C@@H](CC(N)=O)C(=O)N2CCC[C@H]2C(=O)N[C@@H](CNc2nc3ccccc3s2)C(=O)N[C@@H](CC(C)C)C(=O)N2C[C@H](O)C[C@H]2C(=O)N[C@@H](Cc2c[nH]c3ccccc23)C(=O)N[C@@H](CCN)C(=O)N[C@@H](Cc2cn(CC(=O)OC)c3ccccc23)C(=O)N1C. The molecule has 4 aromatic carbocycles. The van der Waals surface area contributed by atoms with Crippen LogP contribution in [0.1, 0.15) is 149 Å². The number of aliphatic hydroxyl groups excluding tert-OH is 1. The molecule has 45 heteroatoms. The molecule has 15 atom stereocenters. The highest BCUT2D eigenvalue weighted by Crippen LogP contribution is 2.31. The van der Waals surface area contributed by atoms with Gasteiger partial charge in [0.05, 0.1) is 42.1 Å². The molecule has 0 unspecified atom stereocenters. The van der Waals surface area contributed by atoms with Crippen LogP contribution in [0.2, 0.25) is 0 Å². The first-order valence-electron chi connectivity index (χ1n) is 48.6. The molecular weight excluding hydrogens is 1900 g/mol. The number of para-hydroxylation sites is 3. The van der Waals surface area contributed by atoms with Gasteiger partial charge in [0.15, 0.2) is 5.13 Å². The molecule has 10 rings (SSSR count). The first-order valence-corrected chi connectivity index (χ1v) is 50.6. The highest BCUT2D eigenvalue weighted by Gasteiger charge is 2.47. The number of hydrogen-bond donors (Lipinski definition) is 17. The Morgan fingerprint density at radius 1 is 0.569 bits per heavy atom. The van der Waals surface area contributed by atoms with Crippen LogP contribution in [0.15, 0.2) is 109 Å². The smallest absolute Gasteiger partial charge is 0.325 e. The number of aromatic amines is 1. The molecule has 780 valence electrons. The number of likely N-dealkylation sites (N-methyl/N-ethyl adjacent to an activating group) is 3. The summed E-state index contributed by atoms with van der Waals surface area (Å²) < 4.78 is 7.42. The van der Waals surface area contributed by atoms with Crippen molar-refractivity contribution in [3.05, 3.63) is 126 Å². The van der Waals surface area contributed by atoms with Crippen LogP contribution in [0.25, 0.3) is 32.0 Å². The van der Waals surface area contributed by atoms with Crippen molar-refractivity contribution in [3.8, 4) is 5.75 Å². The zero-order valence-electron chi connectivity index (χ0n) is 83.0. The number of rotatable bonds is 28. The number of methoxy groups -OCH3 is 1. The third-order valence-electron chi connectivity index (χ3n) is 25.8. The third kappa shape index (κ3) is 30.4. The number of thioether (sulfide) groups is 1. The quantitative estimate of drug-likeness (QED) is 0.0299. The second-order valence-electron chi connectivity index (χ2n) is 37.6. The molecule has 0 radical (unpaired) electrons. The first-order chi connectivity index (χ1) is 68.6. The highest BCUT2D eigenvalue weighted by molar-refractivity contribution is 8.00. The Morgan fingerprint density at radius 2 is 1.14 bits per heavy atom. The molecule has 0 bridgehead atoms. The fourth-order valence-corrected chi connectivity index (χ4v) is 19.7. The van der Waals surface area contributed by atoms with E-state index in [4.69, 9.17) is 21.9 Å². The fraction of sp³-hybridized carbons (Fsp3) is 0.525. The van der Waals surface area contributed by atoms with Gasteiger partial charge in [-0.05, 0) is 123 Å². The number of hydrogen-bond acceptors (Lipinski definition) is 26. The summed E-state index contributed by atoms with van der Waals surface area (Å²) in [6.45, 7) is 9.78. The number of anilines is 1. The van der Waals surface area contributed by atoms with E-state index < -0.39 is 241 Å². The predicted molar refractivity (Wildman–Crippen MR) is 538 cm³/mol. The molecule has 0 saturated carbocycles. The van der Waals surface area contributed by atoms with Crippen LogP contribution in [-0.4, -0.2) is 319 Å². The van der Waals surface area contributed by atoms with Crippen LogP contribution in [0, 0.1) is 11.8 Å². The minimum absolute atomic E-state index is 0.00857. The molecule has 7 aromatic rings. The van der Waals surface area contributed by atoms with Gasteiger partial charge < -0.3 is 125 Å². The minimum atomic E-state index is -1.79. The number of H-pyrrole nitrogens is 1. The number of carbonyl (C=O) groups excluding carboxylic acids is 18. The second-order valence-corrected chi connectivity index (χ2v) is 39.7. The van der Waals surface area contributed by atoms with E-state index in [1.165, 1.54) is 75.7 Å². The molecule has 17 amide bonds. The van der Waals surface area contributed by atoms with E-state index in [1.807, 2.05) is 19.9 Å². The van der Waals surface area contributed by atoms with E-state index in [-0.39, 0.29) is 101 Å². The van der Waals surface area contributed by atoms with E-state index in [0.717, 1.165) is 36.1 Å². The molecule has 20 N–H and O–H groups in total. The summed E-state index contributed by atoms with van der Waals surface area (Å²) in [5.74, 6) is -18.1. The van der Waals surface area contributed by atoms with Gasteiger partial charge in [0.2, 0.25) is 100 Å². The number of aromatic nitrogens is 3. The number of benzene rings is 4. The molecule has 6 heterocycles. The number of nitrogens with two attached hydrogens (primary N) is 3. The topological polar surface area (TPSA) is 617 Å². The third-order valence-corrected chi connectivity index (χ3v) is 27.8. The number of nitrogens with one attached hydrogen (secondary N) is 12. The minimum Gasteiger partial charge on any atom is -0.508 e. The Bertz CT molecular complexity index is 5740. The number of phenolic OH excluding ortho intramolecular Hbond substituents is 1. The van der Waals surface area contributed by atoms with E-state index in [1.54, 1.807) is 111 Å². The molecule has 3 aliphatic rings. The first kappa shape index (κ1) is 112. The number of thiazole rings is 1. The van der Waals surface area contributed by atoms with E-state index in [0.29, 0.717) is 74.8 Å². The molecule has 3 aromatic heterocycles. The molecular formula is C99H136N22O21S2. The molecule has 43 nitrogen and oxygen atoms in total. The molecule has 3 fully saturated rings. The second kappa shape index (κ2) is 53.0. The van der Waals surface area contributed by atoms with Crippen molar-refractivity contribution in [3.63, 3.8) is 0 Å². The van der Waals surface area contributed by atoms with Gasteiger partial charge in [-0.25, -0.2) is 4.98 Å². The number of carbonyl (C=O) groups is 18. The Labute approximate surface area is 842 Å². The molecule has 0 spiro atoms. The largest absolute Gasteiger partial charge is 0.508 e. The maximum atomic E-state index is 16.1. The van der Waals surface area contributed by atoms with E-state index in [2.05, 4.69) is 68.5 Å². The predicted octanol–water partition coefficient (Wildman–Crippen LogP) is 0.613.